The van der Waals surface area contributed by atoms with Crippen LogP contribution in [0.3, 0.4) is 0 Å². The van der Waals surface area contributed by atoms with E-state index in [1.807, 2.05) is 24.3 Å². The van der Waals surface area contributed by atoms with Gasteiger partial charge in [-0.25, -0.2) is 4.57 Å². The minimum atomic E-state index is -4.76. The van der Waals surface area contributed by atoms with Crippen molar-refractivity contribution < 1.29 is 52.2 Å². The molecule has 0 radical (unpaired) electrons. The number of aliphatic carboxylic acids is 1. The lowest BCUT2D eigenvalue weighted by molar-refractivity contribution is -0.161. The Labute approximate surface area is 365 Å². The number of phosphoric acid groups is 1. The Morgan fingerprint density at radius 2 is 1.13 bits per heavy atom. The van der Waals surface area contributed by atoms with Crippen molar-refractivity contribution in [1.82, 2.24) is 0 Å². The molecule has 1 fully saturated rings. The first kappa shape index (κ1) is 55.1. The highest BCUT2D eigenvalue weighted by Crippen LogP contribution is 2.43. The number of epoxide rings is 1. The van der Waals surface area contributed by atoms with Gasteiger partial charge in [0.25, 0.3) is 0 Å². The fourth-order valence-corrected chi connectivity index (χ4v) is 6.19. The lowest BCUT2D eigenvalue weighted by Gasteiger charge is -2.20. The van der Waals surface area contributed by atoms with E-state index in [2.05, 4.69) is 103 Å². The maximum Gasteiger partial charge on any atom is 0.472 e. The number of allylic oxidation sites excluding steroid dienone is 17. The molecule has 1 heterocycles. The molecule has 0 aromatic rings. The number of esters is 2. The SMILES string of the molecule is CC/C=C\C/C=C\C/C=C\C/C=C\C/C=C\C/C=C\CCC(=O)OC[C@H](COP(=O)(O)OC[C@H](N)C(=O)O)OC(=O)CCC/C=C\C/C=C\C/C=C\CC1OC1CCCCC. The van der Waals surface area contributed by atoms with Crippen LogP contribution in [-0.2, 0) is 42.2 Å². The molecule has 1 saturated heterocycles. The first-order valence-corrected chi connectivity index (χ1v) is 23.5. The summed E-state index contributed by atoms with van der Waals surface area (Å²) >= 11 is 0. The normalized spacial score (nSPS) is 18.0. The van der Waals surface area contributed by atoms with Crippen LogP contribution in [0, 0.1) is 0 Å². The molecule has 61 heavy (non-hydrogen) atoms. The molecule has 0 aromatic heterocycles. The highest BCUT2D eigenvalue weighted by molar-refractivity contribution is 7.47. The molecular formula is C48H74NO11P. The Hall–Kier alpha value is -3.90. The van der Waals surface area contributed by atoms with Gasteiger partial charge in [-0.3, -0.25) is 23.4 Å². The Kier molecular flexibility index (Phi) is 34.2. The number of phosphoric ester groups is 1. The zero-order chi connectivity index (χ0) is 44.7. The second kappa shape index (κ2) is 37.8. The zero-order valence-corrected chi connectivity index (χ0v) is 37.5. The summed E-state index contributed by atoms with van der Waals surface area (Å²) in [6.45, 7) is 2.49. The summed E-state index contributed by atoms with van der Waals surface area (Å²) in [4.78, 5) is 46.0. The predicted molar refractivity (Wildman–Crippen MR) is 244 cm³/mol. The van der Waals surface area contributed by atoms with Gasteiger partial charge in [-0.1, -0.05) is 142 Å². The largest absolute Gasteiger partial charge is 0.480 e. The fraction of sp³-hybridized carbons (Fsp3) is 0.562. The highest BCUT2D eigenvalue weighted by Gasteiger charge is 2.36. The molecule has 1 aliphatic heterocycles. The standard InChI is InChI=1S/C48H74NO11P/c1-3-5-7-8-9-10-11-12-13-14-15-16-17-18-19-23-26-29-33-37-46(50)56-39-42(40-57-61(54,55)58-41-43(49)48(52)53)59-47(51)38-34-30-27-24-21-20-22-25-28-32-36-45-44(60-45)35-31-6-4-2/h5,7,9-10,12-13,15-16,18-20,22,24,26-29,32,42-45H,3-4,6,8,11,14,17,21,23,25,30-31,33-41,49H2,1-2H3,(H,52,53)(H,54,55)/b7-5-,10-9-,13-12-,16-15-,19-18-,22-20-,27-24-,29-26-,32-28-/t42-,43+,44?,45?/m1/s1. The van der Waals surface area contributed by atoms with Crippen LogP contribution in [-0.4, -0.2) is 72.1 Å². The number of unbranched alkanes of at least 4 members (excludes halogenated alkanes) is 3. The zero-order valence-electron chi connectivity index (χ0n) is 36.6. The summed E-state index contributed by atoms with van der Waals surface area (Å²) in [5, 5.41) is 8.89. The van der Waals surface area contributed by atoms with Gasteiger partial charge < -0.3 is 29.9 Å². The third-order valence-electron chi connectivity index (χ3n) is 8.94. The molecule has 13 heteroatoms. The van der Waals surface area contributed by atoms with E-state index in [0.717, 1.165) is 57.8 Å². The maximum absolute atomic E-state index is 12.6. The number of carboxylic acid groups (broad SMARTS) is 1. The number of rotatable bonds is 38. The van der Waals surface area contributed by atoms with Gasteiger partial charge in [0.1, 0.15) is 12.6 Å². The molecular weight excluding hydrogens is 797 g/mol. The number of hydrogen-bond donors (Lipinski definition) is 3. The van der Waals surface area contributed by atoms with E-state index >= 15 is 0 Å². The predicted octanol–water partition coefficient (Wildman–Crippen LogP) is 10.8. The lowest BCUT2D eigenvalue weighted by Crippen LogP contribution is -2.34. The summed E-state index contributed by atoms with van der Waals surface area (Å²) in [5.41, 5.74) is 5.33. The van der Waals surface area contributed by atoms with Gasteiger partial charge in [0, 0.05) is 12.8 Å². The van der Waals surface area contributed by atoms with Crippen molar-refractivity contribution in [3.05, 3.63) is 109 Å². The van der Waals surface area contributed by atoms with E-state index in [4.69, 9.17) is 29.6 Å². The topological polar surface area (TPSA) is 184 Å². The molecule has 0 aliphatic carbocycles. The maximum atomic E-state index is 12.6. The van der Waals surface area contributed by atoms with E-state index < -0.39 is 57.7 Å². The van der Waals surface area contributed by atoms with Gasteiger partial charge in [-0.2, -0.15) is 0 Å². The Bertz CT molecular complexity index is 1510. The van der Waals surface area contributed by atoms with Crippen LogP contribution in [0.4, 0.5) is 0 Å². The summed E-state index contributed by atoms with van der Waals surface area (Å²) in [5.74, 6) is -2.58. The molecule has 5 atom stereocenters. The average molecular weight is 872 g/mol. The van der Waals surface area contributed by atoms with Crippen LogP contribution in [0.15, 0.2) is 109 Å². The molecule has 0 spiro atoms. The average Bonchev–Trinajstić information content (AvgIpc) is 3.99. The van der Waals surface area contributed by atoms with Crippen molar-refractivity contribution in [2.45, 2.75) is 154 Å². The number of carbonyl (C=O) groups is 3. The summed E-state index contributed by atoms with van der Waals surface area (Å²) < 4.78 is 38.3. The minimum Gasteiger partial charge on any atom is -0.480 e. The van der Waals surface area contributed by atoms with E-state index in [9.17, 15) is 23.8 Å². The monoisotopic (exact) mass is 871 g/mol. The van der Waals surface area contributed by atoms with E-state index in [0.29, 0.717) is 31.5 Å². The molecule has 4 N–H and O–H groups in total. The van der Waals surface area contributed by atoms with Crippen molar-refractivity contribution in [2.24, 2.45) is 5.73 Å². The second-order valence-electron chi connectivity index (χ2n) is 14.5. The van der Waals surface area contributed by atoms with Crippen LogP contribution in [0.25, 0.3) is 0 Å². The molecule has 1 rings (SSSR count). The molecule has 12 nitrogen and oxygen atoms in total. The van der Waals surface area contributed by atoms with Crippen molar-refractivity contribution >= 4 is 25.7 Å². The quantitative estimate of drug-likeness (QED) is 0.0176. The fourth-order valence-electron chi connectivity index (χ4n) is 5.41. The van der Waals surface area contributed by atoms with E-state index in [-0.39, 0.29) is 12.8 Å². The molecule has 0 bridgehead atoms. The van der Waals surface area contributed by atoms with Crippen LogP contribution >= 0.6 is 7.82 Å². The molecule has 342 valence electrons. The number of ether oxygens (including phenoxy) is 3. The van der Waals surface area contributed by atoms with Crippen molar-refractivity contribution in [2.75, 3.05) is 19.8 Å². The number of carbonyl (C=O) groups excluding carboxylic acids is 2. The Balaban J connectivity index is 2.38. The first-order valence-electron chi connectivity index (χ1n) is 22.0. The van der Waals surface area contributed by atoms with Crippen molar-refractivity contribution in [3.63, 3.8) is 0 Å². The third kappa shape index (κ3) is 35.4. The number of hydrogen-bond acceptors (Lipinski definition) is 10. The van der Waals surface area contributed by atoms with E-state index in [1.165, 1.54) is 25.7 Å². The van der Waals surface area contributed by atoms with Gasteiger partial charge in [0.05, 0.1) is 25.4 Å². The molecule has 1 aliphatic rings. The smallest absolute Gasteiger partial charge is 0.472 e. The molecule has 0 aromatic carbocycles. The summed E-state index contributed by atoms with van der Waals surface area (Å²) in [7, 11) is -4.76. The van der Waals surface area contributed by atoms with Crippen LogP contribution in [0.1, 0.15) is 129 Å². The minimum absolute atomic E-state index is 0.0586. The van der Waals surface area contributed by atoms with Crippen LogP contribution in [0.2, 0.25) is 0 Å². The Morgan fingerprint density at radius 1 is 0.623 bits per heavy atom. The van der Waals surface area contributed by atoms with Gasteiger partial charge in [-0.05, 0) is 83.5 Å². The lowest BCUT2D eigenvalue weighted by atomic mass is 10.1. The van der Waals surface area contributed by atoms with Crippen LogP contribution in [0.5, 0.6) is 0 Å². The van der Waals surface area contributed by atoms with Crippen molar-refractivity contribution in [1.29, 1.82) is 0 Å². The second-order valence-corrected chi connectivity index (χ2v) is 15.9. The molecule has 0 saturated carbocycles. The highest BCUT2D eigenvalue weighted by atomic mass is 31.2. The Morgan fingerprint density at radius 3 is 1.67 bits per heavy atom. The number of nitrogens with two attached hydrogens (primary N) is 1. The first-order chi connectivity index (χ1) is 29.6. The third-order valence-corrected chi connectivity index (χ3v) is 9.89. The summed E-state index contributed by atoms with van der Waals surface area (Å²) in [6, 6.07) is -1.55. The van der Waals surface area contributed by atoms with Crippen molar-refractivity contribution in [3.8, 4) is 0 Å². The molecule has 3 unspecified atom stereocenters. The molecule has 0 amide bonds. The van der Waals surface area contributed by atoms with Gasteiger partial charge >= 0.3 is 25.7 Å². The van der Waals surface area contributed by atoms with E-state index in [1.54, 1.807) is 0 Å². The summed E-state index contributed by atoms with van der Waals surface area (Å²) in [6.07, 6.45) is 52.1. The van der Waals surface area contributed by atoms with Gasteiger partial charge in [0.2, 0.25) is 0 Å². The van der Waals surface area contributed by atoms with Crippen LogP contribution < -0.4 is 5.73 Å². The number of carboxylic acids is 1. The van der Waals surface area contributed by atoms with Gasteiger partial charge in [0.15, 0.2) is 6.10 Å². The van der Waals surface area contributed by atoms with Gasteiger partial charge in [-0.15, -0.1) is 0 Å².